The lowest BCUT2D eigenvalue weighted by atomic mass is 10.1. The molecule has 0 radical (unpaired) electrons. The van der Waals surface area contributed by atoms with Gasteiger partial charge in [-0.05, 0) is 29.8 Å². The van der Waals surface area contributed by atoms with Crippen molar-refractivity contribution in [3.63, 3.8) is 0 Å². The molecule has 3 rings (SSSR count). The van der Waals surface area contributed by atoms with Crippen molar-refractivity contribution in [2.24, 2.45) is 0 Å². The predicted octanol–water partition coefficient (Wildman–Crippen LogP) is 3.24. The van der Waals surface area contributed by atoms with Crippen LogP contribution in [0.5, 0.6) is 5.75 Å². The van der Waals surface area contributed by atoms with Crippen molar-refractivity contribution in [3.05, 3.63) is 59.4 Å². The van der Waals surface area contributed by atoms with Gasteiger partial charge in [-0.15, -0.1) is 0 Å². The van der Waals surface area contributed by atoms with Crippen molar-refractivity contribution in [1.29, 1.82) is 5.26 Å². The van der Waals surface area contributed by atoms with Gasteiger partial charge in [0.15, 0.2) is 0 Å². The SMILES string of the molecule is N#Cc1ccc(C2CNc3cc(F)ccc3O2)cc1. The molecule has 4 heteroatoms. The van der Waals surface area contributed by atoms with Crippen LogP contribution in [-0.2, 0) is 0 Å². The molecule has 1 unspecified atom stereocenters. The lowest BCUT2D eigenvalue weighted by molar-refractivity contribution is 0.210. The molecule has 1 atom stereocenters. The Bertz CT molecular complexity index is 646. The van der Waals surface area contributed by atoms with Gasteiger partial charge in [0, 0.05) is 6.07 Å². The van der Waals surface area contributed by atoms with E-state index in [1.54, 1.807) is 18.2 Å². The molecule has 0 bridgehead atoms. The third-order valence-corrected chi connectivity index (χ3v) is 3.10. The van der Waals surface area contributed by atoms with Gasteiger partial charge in [-0.3, -0.25) is 0 Å². The highest BCUT2D eigenvalue weighted by Crippen LogP contribution is 2.34. The molecule has 1 heterocycles. The van der Waals surface area contributed by atoms with Gasteiger partial charge < -0.3 is 10.1 Å². The molecule has 0 amide bonds. The summed E-state index contributed by atoms with van der Waals surface area (Å²) in [4.78, 5) is 0. The molecule has 1 aliphatic heterocycles. The van der Waals surface area contributed by atoms with Gasteiger partial charge in [0.1, 0.15) is 17.7 Å². The molecule has 0 aliphatic carbocycles. The van der Waals surface area contributed by atoms with Crippen LogP contribution in [-0.4, -0.2) is 6.54 Å². The van der Waals surface area contributed by atoms with Crippen LogP contribution in [0.2, 0.25) is 0 Å². The van der Waals surface area contributed by atoms with E-state index in [4.69, 9.17) is 10.00 Å². The number of hydrogen-bond donors (Lipinski definition) is 1. The fraction of sp³-hybridized carbons (Fsp3) is 0.133. The molecule has 19 heavy (non-hydrogen) atoms. The minimum atomic E-state index is -0.285. The van der Waals surface area contributed by atoms with Crippen molar-refractivity contribution >= 4 is 5.69 Å². The van der Waals surface area contributed by atoms with Crippen molar-refractivity contribution in [3.8, 4) is 11.8 Å². The first-order chi connectivity index (χ1) is 9.26. The number of nitrogens with one attached hydrogen (secondary N) is 1. The van der Waals surface area contributed by atoms with E-state index in [0.717, 1.165) is 5.56 Å². The molecule has 0 saturated carbocycles. The number of hydrogen-bond acceptors (Lipinski definition) is 3. The van der Waals surface area contributed by atoms with Gasteiger partial charge in [0.25, 0.3) is 0 Å². The Balaban J connectivity index is 1.85. The van der Waals surface area contributed by atoms with Crippen molar-refractivity contribution in [1.82, 2.24) is 0 Å². The molecule has 0 spiro atoms. The lowest BCUT2D eigenvalue weighted by Gasteiger charge is -2.27. The Morgan fingerprint density at radius 1 is 1.21 bits per heavy atom. The average Bonchev–Trinajstić information content (AvgIpc) is 2.47. The topological polar surface area (TPSA) is 45.0 Å². The monoisotopic (exact) mass is 254 g/mol. The van der Waals surface area contributed by atoms with Crippen molar-refractivity contribution in [2.45, 2.75) is 6.10 Å². The largest absolute Gasteiger partial charge is 0.482 e. The average molecular weight is 254 g/mol. The van der Waals surface area contributed by atoms with E-state index in [1.807, 2.05) is 12.1 Å². The summed E-state index contributed by atoms with van der Waals surface area (Å²) >= 11 is 0. The van der Waals surface area contributed by atoms with Crippen LogP contribution in [0.3, 0.4) is 0 Å². The van der Waals surface area contributed by atoms with Gasteiger partial charge in [-0.25, -0.2) is 4.39 Å². The zero-order valence-corrected chi connectivity index (χ0v) is 10.1. The second kappa shape index (κ2) is 4.62. The first kappa shape index (κ1) is 11.5. The van der Waals surface area contributed by atoms with Gasteiger partial charge in [-0.1, -0.05) is 12.1 Å². The first-order valence-electron chi connectivity index (χ1n) is 5.96. The van der Waals surface area contributed by atoms with Crippen LogP contribution < -0.4 is 10.1 Å². The first-order valence-corrected chi connectivity index (χ1v) is 5.96. The minimum Gasteiger partial charge on any atom is -0.482 e. The normalized spacial score (nSPS) is 16.7. The van der Waals surface area contributed by atoms with E-state index < -0.39 is 0 Å². The van der Waals surface area contributed by atoms with Crippen LogP contribution >= 0.6 is 0 Å². The Labute approximate surface area is 110 Å². The standard InChI is InChI=1S/C15H11FN2O/c16-12-5-6-14-13(7-12)18-9-15(19-14)11-3-1-10(8-17)2-4-11/h1-7,15,18H,9H2. The number of anilines is 1. The van der Waals surface area contributed by atoms with E-state index in [1.165, 1.54) is 12.1 Å². The summed E-state index contributed by atoms with van der Waals surface area (Å²) in [6.07, 6.45) is -0.134. The number of rotatable bonds is 1. The zero-order chi connectivity index (χ0) is 13.2. The van der Waals surface area contributed by atoms with Gasteiger partial charge in [-0.2, -0.15) is 5.26 Å². The van der Waals surface area contributed by atoms with Gasteiger partial charge in [0.05, 0.1) is 23.9 Å². The van der Waals surface area contributed by atoms with Crippen LogP contribution in [0.15, 0.2) is 42.5 Å². The van der Waals surface area contributed by atoms with Crippen LogP contribution in [0.1, 0.15) is 17.2 Å². The molecule has 0 fully saturated rings. The Morgan fingerprint density at radius 3 is 2.74 bits per heavy atom. The summed E-state index contributed by atoms with van der Waals surface area (Å²) in [5.74, 6) is 0.355. The molecule has 2 aromatic rings. The predicted molar refractivity (Wildman–Crippen MR) is 69.4 cm³/mol. The van der Waals surface area contributed by atoms with Gasteiger partial charge in [0.2, 0.25) is 0 Å². The quantitative estimate of drug-likeness (QED) is 0.849. The molecule has 94 valence electrons. The van der Waals surface area contributed by atoms with E-state index in [-0.39, 0.29) is 11.9 Å². The molecule has 1 N–H and O–H groups in total. The fourth-order valence-electron chi connectivity index (χ4n) is 2.10. The summed E-state index contributed by atoms with van der Waals surface area (Å²) in [6.45, 7) is 0.572. The second-order valence-electron chi connectivity index (χ2n) is 4.36. The second-order valence-corrected chi connectivity index (χ2v) is 4.36. The fourth-order valence-corrected chi connectivity index (χ4v) is 2.10. The van der Waals surface area contributed by atoms with Crippen LogP contribution in [0, 0.1) is 17.1 Å². The summed E-state index contributed by atoms with van der Waals surface area (Å²) < 4.78 is 18.9. The van der Waals surface area contributed by atoms with Crippen LogP contribution in [0.4, 0.5) is 10.1 Å². The number of nitriles is 1. The maximum absolute atomic E-state index is 13.1. The Morgan fingerprint density at radius 2 is 2.00 bits per heavy atom. The van der Waals surface area contributed by atoms with Gasteiger partial charge >= 0.3 is 0 Å². The van der Waals surface area contributed by atoms with Crippen molar-refractivity contribution in [2.75, 3.05) is 11.9 Å². The summed E-state index contributed by atoms with van der Waals surface area (Å²) in [5.41, 5.74) is 2.28. The lowest BCUT2D eigenvalue weighted by Crippen LogP contribution is -2.23. The van der Waals surface area contributed by atoms with E-state index in [2.05, 4.69) is 11.4 Å². The number of ether oxygens (including phenoxy) is 1. The summed E-state index contributed by atoms with van der Waals surface area (Å²) in [6, 6.07) is 13.8. The summed E-state index contributed by atoms with van der Waals surface area (Å²) in [7, 11) is 0. The number of nitrogens with zero attached hydrogens (tertiary/aromatic N) is 1. The molecule has 0 saturated heterocycles. The number of benzene rings is 2. The maximum atomic E-state index is 13.1. The Hall–Kier alpha value is -2.54. The number of halogens is 1. The smallest absolute Gasteiger partial charge is 0.143 e. The highest BCUT2D eigenvalue weighted by atomic mass is 19.1. The third-order valence-electron chi connectivity index (χ3n) is 3.10. The minimum absolute atomic E-state index is 0.134. The molecule has 1 aliphatic rings. The number of fused-ring (bicyclic) bond motifs is 1. The molecular weight excluding hydrogens is 243 g/mol. The van der Waals surface area contributed by atoms with E-state index >= 15 is 0 Å². The Kier molecular flexibility index (Phi) is 2.81. The molecular formula is C15H11FN2O. The molecule has 3 nitrogen and oxygen atoms in total. The van der Waals surface area contributed by atoms with E-state index in [0.29, 0.717) is 23.5 Å². The van der Waals surface area contributed by atoms with Crippen molar-refractivity contribution < 1.29 is 9.13 Å². The third kappa shape index (κ3) is 2.23. The zero-order valence-electron chi connectivity index (χ0n) is 10.1. The molecule has 2 aromatic carbocycles. The van der Waals surface area contributed by atoms with Crippen LogP contribution in [0.25, 0.3) is 0 Å². The molecule has 0 aromatic heterocycles. The van der Waals surface area contributed by atoms with E-state index in [9.17, 15) is 4.39 Å². The summed E-state index contributed by atoms with van der Waals surface area (Å²) in [5, 5.41) is 11.9. The maximum Gasteiger partial charge on any atom is 0.143 e. The highest BCUT2D eigenvalue weighted by Gasteiger charge is 2.21. The highest BCUT2D eigenvalue weighted by molar-refractivity contribution is 5.58.